The summed E-state index contributed by atoms with van der Waals surface area (Å²) in [7, 11) is 0. The number of amides is 2. The SMILES string of the molecule is O=C(NC1CCCc2ccccc21)C1CC(=O)N(C2CC2)C1. The Morgan fingerprint density at radius 1 is 1.18 bits per heavy atom. The summed E-state index contributed by atoms with van der Waals surface area (Å²) in [4.78, 5) is 26.5. The van der Waals surface area contributed by atoms with Gasteiger partial charge in [-0.05, 0) is 43.2 Å². The summed E-state index contributed by atoms with van der Waals surface area (Å²) in [6.45, 7) is 0.615. The molecule has 0 spiro atoms. The fourth-order valence-electron chi connectivity index (χ4n) is 3.84. The monoisotopic (exact) mass is 298 g/mol. The summed E-state index contributed by atoms with van der Waals surface area (Å²) in [5.74, 6) is 0.0482. The summed E-state index contributed by atoms with van der Waals surface area (Å²) in [5.41, 5.74) is 2.60. The third-order valence-corrected chi connectivity index (χ3v) is 5.20. The quantitative estimate of drug-likeness (QED) is 0.930. The largest absolute Gasteiger partial charge is 0.349 e. The topological polar surface area (TPSA) is 49.4 Å². The second kappa shape index (κ2) is 5.41. The van der Waals surface area contributed by atoms with Crippen molar-refractivity contribution >= 4 is 11.8 Å². The van der Waals surface area contributed by atoms with Gasteiger partial charge in [0.15, 0.2) is 0 Å². The smallest absolute Gasteiger partial charge is 0.225 e. The molecular formula is C18H22N2O2. The molecule has 22 heavy (non-hydrogen) atoms. The molecule has 4 heteroatoms. The van der Waals surface area contributed by atoms with Gasteiger partial charge in [0.05, 0.1) is 12.0 Å². The van der Waals surface area contributed by atoms with Gasteiger partial charge in [0.1, 0.15) is 0 Å². The van der Waals surface area contributed by atoms with E-state index < -0.39 is 0 Å². The molecule has 0 bridgehead atoms. The standard InChI is InChI=1S/C18H22N2O2/c21-17-10-13(11-20(17)14-8-9-14)18(22)19-16-7-3-5-12-4-1-2-6-15(12)16/h1-2,4,6,13-14,16H,3,5,7-11H2,(H,19,22). The number of likely N-dealkylation sites (tertiary alicyclic amines) is 1. The molecular weight excluding hydrogens is 276 g/mol. The molecule has 3 aliphatic rings. The Kier molecular flexibility index (Phi) is 3.40. The third kappa shape index (κ3) is 2.51. The first kappa shape index (κ1) is 13.8. The highest BCUT2D eigenvalue weighted by molar-refractivity contribution is 5.89. The first-order valence-corrected chi connectivity index (χ1v) is 8.40. The Bertz CT molecular complexity index is 609. The number of carbonyl (C=O) groups excluding carboxylic acids is 2. The first-order valence-electron chi connectivity index (χ1n) is 8.40. The van der Waals surface area contributed by atoms with Crippen molar-refractivity contribution in [3.05, 3.63) is 35.4 Å². The van der Waals surface area contributed by atoms with Crippen LogP contribution >= 0.6 is 0 Å². The van der Waals surface area contributed by atoms with Gasteiger partial charge in [0.2, 0.25) is 11.8 Å². The van der Waals surface area contributed by atoms with Crippen LogP contribution in [0.25, 0.3) is 0 Å². The van der Waals surface area contributed by atoms with Crippen LogP contribution in [-0.4, -0.2) is 29.3 Å². The summed E-state index contributed by atoms with van der Waals surface area (Å²) in [6.07, 6.45) is 5.80. The van der Waals surface area contributed by atoms with Gasteiger partial charge in [0.25, 0.3) is 0 Å². The third-order valence-electron chi connectivity index (χ3n) is 5.20. The van der Waals surface area contributed by atoms with Crippen LogP contribution in [0.4, 0.5) is 0 Å². The van der Waals surface area contributed by atoms with Gasteiger partial charge >= 0.3 is 0 Å². The molecule has 2 atom stereocenters. The van der Waals surface area contributed by atoms with E-state index >= 15 is 0 Å². The lowest BCUT2D eigenvalue weighted by atomic mass is 9.87. The van der Waals surface area contributed by atoms with E-state index in [0.29, 0.717) is 19.0 Å². The molecule has 1 aromatic rings. The van der Waals surface area contributed by atoms with Crippen molar-refractivity contribution in [2.24, 2.45) is 5.92 Å². The van der Waals surface area contributed by atoms with E-state index in [2.05, 4.69) is 23.5 Å². The highest BCUT2D eigenvalue weighted by atomic mass is 16.2. The van der Waals surface area contributed by atoms with E-state index in [-0.39, 0.29) is 23.8 Å². The van der Waals surface area contributed by atoms with Crippen molar-refractivity contribution in [1.29, 1.82) is 0 Å². The summed E-state index contributed by atoms with van der Waals surface area (Å²) < 4.78 is 0. The zero-order valence-corrected chi connectivity index (χ0v) is 12.8. The number of nitrogens with one attached hydrogen (secondary N) is 1. The summed E-state index contributed by atoms with van der Waals surface area (Å²) >= 11 is 0. The Hall–Kier alpha value is -1.84. The molecule has 1 heterocycles. The molecule has 116 valence electrons. The highest BCUT2D eigenvalue weighted by Crippen LogP contribution is 2.34. The normalized spacial score (nSPS) is 27.6. The molecule has 2 unspecified atom stereocenters. The van der Waals surface area contributed by atoms with Crippen LogP contribution in [-0.2, 0) is 16.0 Å². The average molecular weight is 298 g/mol. The number of hydrogen-bond acceptors (Lipinski definition) is 2. The van der Waals surface area contributed by atoms with Crippen LogP contribution in [0.1, 0.15) is 49.3 Å². The maximum absolute atomic E-state index is 12.6. The average Bonchev–Trinajstić information content (AvgIpc) is 3.30. The van der Waals surface area contributed by atoms with Crippen molar-refractivity contribution in [3.63, 3.8) is 0 Å². The molecule has 0 aromatic heterocycles. The molecule has 1 aliphatic heterocycles. The van der Waals surface area contributed by atoms with Gasteiger partial charge in [0, 0.05) is 19.0 Å². The molecule has 2 fully saturated rings. The van der Waals surface area contributed by atoms with Crippen molar-refractivity contribution in [2.45, 2.75) is 50.6 Å². The van der Waals surface area contributed by atoms with E-state index in [9.17, 15) is 9.59 Å². The van der Waals surface area contributed by atoms with Gasteiger partial charge in [-0.1, -0.05) is 24.3 Å². The van der Waals surface area contributed by atoms with Gasteiger partial charge in [-0.2, -0.15) is 0 Å². The van der Waals surface area contributed by atoms with Crippen molar-refractivity contribution in [2.75, 3.05) is 6.54 Å². The van der Waals surface area contributed by atoms with Crippen LogP contribution in [0.2, 0.25) is 0 Å². The van der Waals surface area contributed by atoms with E-state index in [4.69, 9.17) is 0 Å². The number of hydrogen-bond donors (Lipinski definition) is 1. The van der Waals surface area contributed by atoms with Crippen LogP contribution in [0, 0.1) is 5.92 Å². The Morgan fingerprint density at radius 3 is 2.82 bits per heavy atom. The molecule has 1 N–H and O–H groups in total. The lowest BCUT2D eigenvalue weighted by molar-refractivity contribution is -0.129. The van der Waals surface area contributed by atoms with Crippen LogP contribution in [0.15, 0.2) is 24.3 Å². The molecule has 1 saturated heterocycles. The molecule has 1 saturated carbocycles. The number of benzene rings is 1. The number of rotatable bonds is 3. The maximum Gasteiger partial charge on any atom is 0.225 e. The number of carbonyl (C=O) groups is 2. The van der Waals surface area contributed by atoms with Crippen molar-refractivity contribution in [3.8, 4) is 0 Å². The maximum atomic E-state index is 12.6. The second-order valence-corrected chi connectivity index (χ2v) is 6.83. The number of aryl methyl sites for hydroxylation is 1. The Morgan fingerprint density at radius 2 is 2.00 bits per heavy atom. The van der Waals surface area contributed by atoms with Crippen molar-refractivity contribution < 1.29 is 9.59 Å². The predicted molar refractivity (Wildman–Crippen MR) is 83.1 cm³/mol. The van der Waals surface area contributed by atoms with E-state index in [0.717, 1.165) is 32.1 Å². The fourth-order valence-corrected chi connectivity index (χ4v) is 3.84. The minimum Gasteiger partial charge on any atom is -0.349 e. The number of fused-ring (bicyclic) bond motifs is 1. The molecule has 1 aromatic carbocycles. The summed E-state index contributed by atoms with van der Waals surface area (Å²) in [6, 6.07) is 8.91. The van der Waals surface area contributed by atoms with E-state index in [1.54, 1.807) is 0 Å². The molecule has 4 rings (SSSR count). The number of nitrogens with zero attached hydrogens (tertiary/aromatic N) is 1. The predicted octanol–water partition coefficient (Wildman–Crippen LogP) is 2.19. The molecule has 4 nitrogen and oxygen atoms in total. The van der Waals surface area contributed by atoms with Gasteiger partial charge in [-0.25, -0.2) is 0 Å². The van der Waals surface area contributed by atoms with Gasteiger partial charge in [-0.3, -0.25) is 9.59 Å². The van der Waals surface area contributed by atoms with Gasteiger partial charge < -0.3 is 10.2 Å². The zero-order chi connectivity index (χ0) is 15.1. The first-order chi connectivity index (χ1) is 10.7. The van der Waals surface area contributed by atoms with E-state index in [1.807, 2.05) is 11.0 Å². The van der Waals surface area contributed by atoms with Crippen LogP contribution < -0.4 is 5.32 Å². The van der Waals surface area contributed by atoms with E-state index in [1.165, 1.54) is 11.1 Å². The molecule has 2 amide bonds. The minimum absolute atomic E-state index is 0.0539. The minimum atomic E-state index is -0.165. The zero-order valence-electron chi connectivity index (χ0n) is 12.8. The fraction of sp³-hybridized carbons (Fsp3) is 0.556. The Balaban J connectivity index is 1.44. The highest BCUT2D eigenvalue weighted by Gasteiger charge is 2.42. The molecule has 2 aliphatic carbocycles. The lowest BCUT2D eigenvalue weighted by Gasteiger charge is -2.27. The van der Waals surface area contributed by atoms with Crippen LogP contribution in [0.5, 0.6) is 0 Å². The van der Waals surface area contributed by atoms with Gasteiger partial charge in [-0.15, -0.1) is 0 Å². The van der Waals surface area contributed by atoms with Crippen LogP contribution in [0.3, 0.4) is 0 Å². The molecule has 0 radical (unpaired) electrons. The summed E-state index contributed by atoms with van der Waals surface area (Å²) in [5, 5.41) is 3.20. The lowest BCUT2D eigenvalue weighted by Crippen LogP contribution is -2.37. The second-order valence-electron chi connectivity index (χ2n) is 6.83. The van der Waals surface area contributed by atoms with Crippen molar-refractivity contribution in [1.82, 2.24) is 10.2 Å². The Labute approximate surface area is 130 Å².